The summed E-state index contributed by atoms with van der Waals surface area (Å²) in [6.07, 6.45) is 3.73. The Labute approximate surface area is 250 Å². The zero-order chi connectivity index (χ0) is 31.1. The van der Waals surface area contributed by atoms with Crippen LogP contribution in [0.25, 0.3) is 0 Å². The van der Waals surface area contributed by atoms with Crippen molar-refractivity contribution in [1.29, 1.82) is 0 Å². The molecule has 2 aromatic carbocycles. The summed E-state index contributed by atoms with van der Waals surface area (Å²) in [5.74, 6) is -1.17. The number of halogens is 1. The smallest absolute Gasteiger partial charge is 0.415 e. The van der Waals surface area contributed by atoms with Crippen LogP contribution in [0.15, 0.2) is 54.7 Å². The van der Waals surface area contributed by atoms with Gasteiger partial charge in [0.05, 0.1) is 18.1 Å². The number of aromatic nitrogens is 2. The summed E-state index contributed by atoms with van der Waals surface area (Å²) < 4.78 is 46.0. The topological polar surface area (TPSA) is 145 Å². The third-order valence-electron chi connectivity index (χ3n) is 6.96. The molecule has 3 aromatic rings. The van der Waals surface area contributed by atoms with E-state index in [0.29, 0.717) is 37.5 Å². The van der Waals surface area contributed by atoms with Crippen molar-refractivity contribution in [2.45, 2.75) is 39.2 Å². The highest BCUT2D eigenvalue weighted by atomic mass is 32.2. The van der Waals surface area contributed by atoms with Gasteiger partial charge in [0.1, 0.15) is 23.3 Å². The molecular weight excluding hydrogens is 579 g/mol. The lowest BCUT2D eigenvalue weighted by Gasteiger charge is -2.27. The van der Waals surface area contributed by atoms with E-state index < -0.39 is 33.9 Å². The van der Waals surface area contributed by atoms with E-state index >= 15 is 0 Å². The molecule has 2 N–H and O–H groups in total. The second-order valence-electron chi connectivity index (χ2n) is 10.0. The zero-order valence-corrected chi connectivity index (χ0v) is 25.1. The van der Waals surface area contributed by atoms with Crippen molar-refractivity contribution in [3.05, 3.63) is 66.1 Å². The number of benzene rings is 2. The summed E-state index contributed by atoms with van der Waals surface area (Å²) in [4.78, 5) is 37.1. The average Bonchev–Trinajstić information content (AvgIpc) is 3.51. The largest absolute Gasteiger partial charge is 0.480 e. The van der Waals surface area contributed by atoms with E-state index in [4.69, 9.17) is 4.74 Å². The highest BCUT2D eigenvalue weighted by Gasteiger charge is 2.28. The lowest BCUT2D eigenvalue weighted by atomic mass is 10.1. The normalized spacial score (nSPS) is 13.8. The van der Waals surface area contributed by atoms with Crippen LogP contribution in [0.5, 0.6) is 5.75 Å². The molecule has 1 fully saturated rings. The van der Waals surface area contributed by atoms with Gasteiger partial charge in [-0.1, -0.05) is 12.1 Å². The number of carboxylic acids is 1. The molecule has 2 heterocycles. The minimum absolute atomic E-state index is 0.00481. The monoisotopic (exact) mass is 614 g/mol. The summed E-state index contributed by atoms with van der Waals surface area (Å²) in [5, 5.41) is 13.0. The minimum atomic E-state index is -4.00. The van der Waals surface area contributed by atoms with Gasteiger partial charge in [-0.15, -0.1) is 0 Å². The first kappa shape index (κ1) is 31.5. The predicted molar refractivity (Wildman–Crippen MR) is 161 cm³/mol. The molecule has 1 aromatic heterocycles. The molecule has 0 radical (unpaired) electrons. The average molecular weight is 615 g/mol. The Morgan fingerprint density at radius 1 is 1.07 bits per heavy atom. The van der Waals surface area contributed by atoms with Gasteiger partial charge in [0, 0.05) is 32.6 Å². The number of aliphatic carboxylic acids is 1. The maximum atomic E-state index is 13.7. The fraction of sp³-hybridized carbons (Fsp3) is 0.379. The number of ether oxygens (including phenoxy) is 1. The van der Waals surface area contributed by atoms with Crippen molar-refractivity contribution < 1.29 is 32.2 Å². The molecule has 0 spiro atoms. The van der Waals surface area contributed by atoms with E-state index in [2.05, 4.69) is 15.3 Å². The van der Waals surface area contributed by atoms with Crippen molar-refractivity contribution in [3.63, 3.8) is 0 Å². The molecule has 12 nitrogen and oxygen atoms in total. The van der Waals surface area contributed by atoms with Gasteiger partial charge < -0.3 is 25.0 Å². The lowest BCUT2D eigenvalue weighted by Crippen LogP contribution is -2.34. The van der Waals surface area contributed by atoms with Crippen LogP contribution in [-0.2, 0) is 21.2 Å². The van der Waals surface area contributed by atoms with Crippen LogP contribution in [0.3, 0.4) is 0 Å². The first-order valence-electron chi connectivity index (χ1n) is 13.9. The SMILES string of the molecule is CCN(CC)c1ncc(N(c2ccc(F)cc2)S(C)(=O)=O)c(N[C@@H](Cc2ccc(OC(=O)N3CCCC3)cc2)C(=O)O)n1. The van der Waals surface area contributed by atoms with Gasteiger partial charge in [-0.3, -0.25) is 0 Å². The number of amides is 1. The Kier molecular flexibility index (Phi) is 10.0. The molecule has 0 bridgehead atoms. The standard InChI is InChI=1S/C29H35FN6O6S/c1-4-34(5-2)28-31-19-25(36(43(3,40)41)22-12-10-21(30)11-13-22)26(33-28)32-24(27(37)38)18-20-8-14-23(15-9-20)42-29(39)35-16-6-7-17-35/h8-15,19,24H,4-7,16-18H2,1-3H3,(H,37,38)(H,31,32,33)/t24-/m0/s1. The second kappa shape index (κ2) is 13.7. The number of hydrogen-bond acceptors (Lipinski definition) is 9. The molecule has 1 saturated heterocycles. The molecule has 0 saturated carbocycles. The van der Waals surface area contributed by atoms with Crippen molar-refractivity contribution in [1.82, 2.24) is 14.9 Å². The Bertz CT molecular complexity index is 1530. The van der Waals surface area contributed by atoms with Crippen molar-refractivity contribution in [2.75, 3.05) is 47.0 Å². The maximum Gasteiger partial charge on any atom is 0.415 e. The Morgan fingerprint density at radius 3 is 2.26 bits per heavy atom. The molecule has 4 rings (SSSR count). The van der Waals surface area contributed by atoms with Crippen LogP contribution in [0.2, 0.25) is 0 Å². The van der Waals surface area contributed by atoms with Gasteiger partial charge in [0.2, 0.25) is 16.0 Å². The third-order valence-corrected chi connectivity index (χ3v) is 8.03. The van der Waals surface area contributed by atoms with Gasteiger partial charge >= 0.3 is 12.1 Å². The van der Waals surface area contributed by atoms with Gasteiger partial charge in [0.15, 0.2) is 5.82 Å². The van der Waals surface area contributed by atoms with Gasteiger partial charge in [-0.05, 0) is 68.7 Å². The van der Waals surface area contributed by atoms with Crippen LogP contribution >= 0.6 is 0 Å². The Hall–Kier alpha value is -4.46. The van der Waals surface area contributed by atoms with Crippen molar-refractivity contribution >= 4 is 45.2 Å². The fourth-order valence-electron chi connectivity index (χ4n) is 4.72. The number of carboxylic acid groups (broad SMARTS) is 1. The fourth-order valence-corrected chi connectivity index (χ4v) is 5.72. The lowest BCUT2D eigenvalue weighted by molar-refractivity contribution is -0.137. The number of sulfonamides is 1. The summed E-state index contributed by atoms with van der Waals surface area (Å²) >= 11 is 0. The van der Waals surface area contributed by atoms with Gasteiger partial charge in [-0.2, -0.15) is 4.98 Å². The molecule has 0 unspecified atom stereocenters. The van der Waals surface area contributed by atoms with E-state index in [-0.39, 0.29) is 29.6 Å². The van der Waals surface area contributed by atoms with E-state index in [0.717, 1.165) is 35.5 Å². The van der Waals surface area contributed by atoms with E-state index in [1.54, 1.807) is 29.2 Å². The number of nitrogens with zero attached hydrogens (tertiary/aromatic N) is 5. The minimum Gasteiger partial charge on any atom is -0.480 e. The van der Waals surface area contributed by atoms with Crippen molar-refractivity contribution in [3.8, 4) is 5.75 Å². The van der Waals surface area contributed by atoms with Crippen LogP contribution in [-0.4, -0.2) is 78.9 Å². The molecule has 230 valence electrons. The number of nitrogens with one attached hydrogen (secondary N) is 1. The number of anilines is 4. The molecule has 1 amide bonds. The van der Waals surface area contributed by atoms with E-state index in [1.807, 2.05) is 18.7 Å². The number of carbonyl (C=O) groups excluding carboxylic acids is 1. The quantitative estimate of drug-likeness (QED) is 0.304. The Balaban J connectivity index is 1.65. The summed E-state index contributed by atoms with van der Waals surface area (Å²) in [5.41, 5.74) is 0.719. The number of hydrogen-bond donors (Lipinski definition) is 2. The van der Waals surface area contributed by atoms with Crippen molar-refractivity contribution in [2.24, 2.45) is 0 Å². The Morgan fingerprint density at radius 2 is 1.70 bits per heavy atom. The van der Waals surface area contributed by atoms with Crippen LogP contribution in [0.4, 0.5) is 32.3 Å². The zero-order valence-electron chi connectivity index (χ0n) is 24.2. The molecule has 0 aliphatic carbocycles. The number of carbonyl (C=O) groups is 2. The predicted octanol–water partition coefficient (Wildman–Crippen LogP) is 4.26. The molecule has 1 aliphatic rings. The molecule has 1 aliphatic heterocycles. The molecule has 43 heavy (non-hydrogen) atoms. The van der Waals surface area contributed by atoms with Crippen LogP contribution in [0.1, 0.15) is 32.3 Å². The van der Waals surface area contributed by atoms with E-state index in [9.17, 15) is 27.5 Å². The highest BCUT2D eigenvalue weighted by molar-refractivity contribution is 7.92. The molecule has 1 atom stereocenters. The molecule has 14 heteroatoms. The number of rotatable bonds is 12. The third kappa shape index (κ3) is 7.89. The summed E-state index contributed by atoms with van der Waals surface area (Å²) in [6, 6.07) is 10.1. The summed E-state index contributed by atoms with van der Waals surface area (Å²) in [6.45, 7) is 6.23. The molecular formula is C29H35FN6O6S. The maximum absolute atomic E-state index is 13.7. The summed E-state index contributed by atoms with van der Waals surface area (Å²) in [7, 11) is -4.00. The first-order valence-corrected chi connectivity index (χ1v) is 15.8. The van der Waals surface area contributed by atoms with Gasteiger partial charge in [0.25, 0.3) is 0 Å². The van der Waals surface area contributed by atoms with E-state index in [1.165, 1.54) is 18.3 Å². The highest BCUT2D eigenvalue weighted by Crippen LogP contribution is 2.35. The first-order chi connectivity index (χ1) is 20.5. The second-order valence-corrected chi connectivity index (χ2v) is 11.9. The van der Waals surface area contributed by atoms with Crippen LogP contribution in [0, 0.1) is 5.82 Å². The van der Waals surface area contributed by atoms with Crippen LogP contribution < -0.4 is 19.3 Å². The number of likely N-dealkylation sites (tertiary alicyclic amines) is 1. The van der Waals surface area contributed by atoms with Gasteiger partial charge in [-0.25, -0.2) is 31.7 Å².